The molecule has 0 radical (unpaired) electrons. The normalized spacial score (nSPS) is 10.9. The number of hydrogen-bond donors (Lipinski definition) is 0. The summed E-state index contributed by atoms with van der Waals surface area (Å²) in [6.07, 6.45) is 1.69. The molecule has 0 saturated heterocycles. The smallest absolute Gasteiger partial charge is 0.260 e. The zero-order valence-electron chi connectivity index (χ0n) is 16.0. The fourth-order valence-electron chi connectivity index (χ4n) is 2.94. The summed E-state index contributed by atoms with van der Waals surface area (Å²) < 4.78 is 14.3. The first-order valence-corrected chi connectivity index (χ1v) is 9.88. The molecule has 1 amide bonds. The Morgan fingerprint density at radius 1 is 1.07 bits per heavy atom. The van der Waals surface area contributed by atoms with Crippen LogP contribution in [0, 0.1) is 5.82 Å². The fourth-order valence-corrected chi connectivity index (χ4v) is 3.93. The van der Waals surface area contributed by atoms with E-state index in [0.29, 0.717) is 20.9 Å². The highest BCUT2D eigenvalue weighted by atomic mass is 32.1. The molecule has 2 aromatic carbocycles. The average molecular weight is 406 g/mol. The molecule has 0 aliphatic carbocycles. The number of anilines is 2. The molecule has 2 heterocycles. The quantitative estimate of drug-likeness (QED) is 0.480. The third kappa shape index (κ3) is 4.09. The maximum Gasteiger partial charge on any atom is 0.260 e. The number of benzene rings is 2. The number of thiazole rings is 1. The van der Waals surface area contributed by atoms with Crippen LogP contribution < -0.4 is 9.80 Å². The lowest BCUT2D eigenvalue weighted by Crippen LogP contribution is -2.30. The van der Waals surface area contributed by atoms with Gasteiger partial charge in [-0.2, -0.15) is 0 Å². The summed E-state index contributed by atoms with van der Waals surface area (Å²) in [5.41, 5.74) is 2.97. The van der Waals surface area contributed by atoms with Crippen LogP contribution in [-0.4, -0.2) is 30.0 Å². The maximum absolute atomic E-state index is 13.6. The number of aromatic nitrogens is 2. The van der Waals surface area contributed by atoms with E-state index >= 15 is 0 Å². The largest absolute Gasteiger partial charge is 0.378 e. The van der Waals surface area contributed by atoms with Crippen molar-refractivity contribution < 1.29 is 9.18 Å². The van der Waals surface area contributed by atoms with Crippen molar-refractivity contribution in [1.29, 1.82) is 0 Å². The van der Waals surface area contributed by atoms with Crippen LogP contribution in [0.2, 0.25) is 0 Å². The summed E-state index contributed by atoms with van der Waals surface area (Å²) in [6.45, 7) is 0.275. The van der Waals surface area contributed by atoms with Crippen LogP contribution >= 0.6 is 11.3 Å². The van der Waals surface area contributed by atoms with E-state index in [0.717, 1.165) is 11.4 Å². The van der Waals surface area contributed by atoms with Gasteiger partial charge in [-0.05, 0) is 54.6 Å². The standard InChI is InChI=1S/C22H19FN4OS/c1-26(2)18-9-6-15(7-10-18)21(28)27(14-17-5-3-4-12-24-17)22-25-19-11-8-16(23)13-20(19)29-22/h3-13H,14H2,1-2H3. The molecular formula is C22H19FN4OS. The van der Waals surface area contributed by atoms with Crippen LogP contribution in [0.1, 0.15) is 16.1 Å². The molecule has 0 saturated carbocycles. The van der Waals surface area contributed by atoms with Crippen LogP contribution in [-0.2, 0) is 6.54 Å². The van der Waals surface area contributed by atoms with Crippen LogP contribution in [0.15, 0.2) is 66.9 Å². The molecule has 146 valence electrons. The molecule has 0 atom stereocenters. The minimum atomic E-state index is -0.324. The third-order valence-corrected chi connectivity index (χ3v) is 5.53. The Morgan fingerprint density at radius 3 is 2.55 bits per heavy atom. The van der Waals surface area contributed by atoms with E-state index in [1.54, 1.807) is 29.3 Å². The fraction of sp³-hybridized carbons (Fsp3) is 0.136. The predicted octanol–water partition coefficient (Wildman–Crippen LogP) is 4.74. The molecule has 0 bridgehead atoms. The monoisotopic (exact) mass is 406 g/mol. The molecule has 7 heteroatoms. The molecule has 29 heavy (non-hydrogen) atoms. The van der Waals surface area contributed by atoms with Gasteiger partial charge in [0.25, 0.3) is 5.91 Å². The van der Waals surface area contributed by atoms with Crippen molar-refractivity contribution in [2.45, 2.75) is 6.54 Å². The molecule has 0 unspecified atom stereocenters. The predicted molar refractivity (Wildman–Crippen MR) is 115 cm³/mol. The second-order valence-corrected chi connectivity index (χ2v) is 7.77. The van der Waals surface area contributed by atoms with Crippen molar-refractivity contribution >= 4 is 38.3 Å². The third-order valence-electron chi connectivity index (χ3n) is 4.49. The number of hydrogen-bond acceptors (Lipinski definition) is 5. The molecular weight excluding hydrogens is 387 g/mol. The van der Waals surface area contributed by atoms with Crippen LogP contribution in [0.5, 0.6) is 0 Å². The summed E-state index contributed by atoms with van der Waals surface area (Å²) in [6, 6.07) is 17.4. The van der Waals surface area contributed by atoms with Crippen molar-refractivity contribution in [3.63, 3.8) is 0 Å². The summed E-state index contributed by atoms with van der Waals surface area (Å²) in [4.78, 5) is 25.8. The lowest BCUT2D eigenvalue weighted by molar-refractivity contribution is 0.0985. The van der Waals surface area contributed by atoms with E-state index in [4.69, 9.17) is 0 Å². The Kier molecular flexibility index (Phi) is 5.22. The second-order valence-electron chi connectivity index (χ2n) is 6.76. The molecule has 2 aromatic heterocycles. The van der Waals surface area contributed by atoms with E-state index in [1.807, 2.05) is 49.3 Å². The number of carbonyl (C=O) groups is 1. The number of carbonyl (C=O) groups excluding carboxylic acids is 1. The molecule has 0 aliphatic rings. The van der Waals surface area contributed by atoms with Gasteiger partial charge < -0.3 is 4.90 Å². The summed E-state index contributed by atoms with van der Waals surface area (Å²) in [5.74, 6) is -0.505. The Hall–Kier alpha value is -3.32. The van der Waals surface area contributed by atoms with Crippen LogP contribution in [0.3, 0.4) is 0 Å². The van der Waals surface area contributed by atoms with Gasteiger partial charge in [0.15, 0.2) is 5.13 Å². The van der Waals surface area contributed by atoms with Gasteiger partial charge in [0.2, 0.25) is 0 Å². The highest BCUT2D eigenvalue weighted by Gasteiger charge is 2.22. The van der Waals surface area contributed by atoms with E-state index in [-0.39, 0.29) is 18.3 Å². The first-order valence-electron chi connectivity index (χ1n) is 9.06. The molecule has 0 aliphatic heterocycles. The molecule has 5 nitrogen and oxygen atoms in total. The first kappa shape index (κ1) is 19.0. The summed E-state index contributed by atoms with van der Waals surface area (Å²) in [7, 11) is 3.90. The number of nitrogens with zero attached hydrogens (tertiary/aromatic N) is 4. The van der Waals surface area contributed by atoms with Gasteiger partial charge in [-0.1, -0.05) is 17.4 Å². The van der Waals surface area contributed by atoms with Gasteiger partial charge in [-0.15, -0.1) is 0 Å². The lowest BCUT2D eigenvalue weighted by atomic mass is 10.1. The van der Waals surface area contributed by atoms with Gasteiger partial charge in [-0.3, -0.25) is 14.7 Å². The van der Waals surface area contributed by atoms with E-state index in [2.05, 4.69) is 9.97 Å². The SMILES string of the molecule is CN(C)c1ccc(C(=O)N(Cc2ccccn2)c2nc3ccc(F)cc3s2)cc1. The molecule has 0 fully saturated rings. The first-order chi connectivity index (χ1) is 14.0. The Morgan fingerprint density at radius 2 is 1.86 bits per heavy atom. The zero-order valence-corrected chi connectivity index (χ0v) is 16.9. The van der Waals surface area contributed by atoms with Crippen LogP contribution in [0.4, 0.5) is 15.2 Å². The number of pyridine rings is 1. The second kappa shape index (κ2) is 7.97. The van der Waals surface area contributed by atoms with Crippen molar-refractivity contribution in [1.82, 2.24) is 9.97 Å². The lowest BCUT2D eigenvalue weighted by Gasteiger charge is -2.20. The Labute approximate surface area is 172 Å². The Balaban J connectivity index is 1.73. The van der Waals surface area contributed by atoms with Crippen LogP contribution in [0.25, 0.3) is 10.2 Å². The number of amides is 1. The molecule has 0 N–H and O–H groups in total. The number of rotatable bonds is 5. The highest BCUT2D eigenvalue weighted by molar-refractivity contribution is 7.22. The Bertz CT molecular complexity index is 1140. The molecule has 4 rings (SSSR count). The van der Waals surface area contributed by atoms with Crippen molar-refractivity contribution in [3.05, 3.63) is 83.9 Å². The van der Waals surface area contributed by atoms with E-state index in [9.17, 15) is 9.18 Å². The van der Waals surface area contributed by atoms with Gasteiger partial charge in [0, 0.05) is 31.5 Å². The minimum absolute atomic E-state index is 0.180. The number of halogens is 1. The van der Waals surface area contributed by atoms with Gasteiger partial charge >= 0.3 is 0 Å². The highest BCUT2D eigenvalue weighted by Crippen LogP contribution is 2.31. The van der Waals surface area contributed by atoms with Crippen molar-refractivity contribution in [2.24, 2.45) is 0 Å². The summed E-state index contributed by atoms with van der Waals surface area (Å²) in [5, 5.41) is 0.512. The van der Waals surface area contributed by atoms with Gasteiger partial charge in [0.05, 0.1) is 22.5 Å². The maximum atomic E-state index is 13.6. The van der Waals surface area contributed by atoms with E-state index in [1.165, 1.54) is 23.5 Å². The van der Waals surface area contributed by atoms with Crippen molar-refractivity contribution in [2.75, 3.05) is 23.9 Å². The van der Waals surface area contributed by atoms with Crippen molar-refractivity contribution in [3.8, 4) is 0 Å². The summed E-state index contributed by atoms with van der Waals surface area (Å²) >= 11 is 1.29. The zero-order chi connectivity index (χ0) is 20.4. The minimum Gasteiger partial charge on any atom is -0.378 e. The number of fused-ring (bicyclic) bond motifs is 1. The van der Waals surface area contributed by atoms with Gasteiger partial charge in [-0.25, -0.2) is 9.37 Å². The van der Waals surface area contributed by atoms with Gasteiger partial charge in [0.1, 0.15) is 5.82 Å². The average Bonchev–Trinajstić information content (AvgIpc) is 3.15. The topological polar surface area (TPSA) is 49.3 Å². The molecule has 0 spiro atoms. The van der Waals surface area contributed by atoms with E-state index < -0.39 is 0 Å². The molecule has 4 aromatic rings.